The van der Waals surface area contributed by atoms with Crippen LogP contribution < -0.4 is 5.32 Å². The monoisotopic (exact) mass is 290 g/mol. The van der Waals surface area contributed by atoms with Gasteiger partial charge in [-0.3, -0.25) is 4.99 Å². The molecule has 110 valence electrons. The van der Waals surface area contributed by atoms with Gasteiger partial charge in [0.05, 0.1) is 0 Å². The lowest BCUT2D eigenvalue weighted by molar-refractivity contribution is 0.318. The Balaban J connectivity index is 1.87. The van der Waals surface area contributed by atoms with Gasteiger partial charge < -0.3 is 5.32 Å². The topological polar surface area (TPSA) is 24.4 Å². The van der Waals surface area contributed by atoms with E-state index in [2.05, 4.69) is 50.4 Å². The summed E-state index contributed by atoms with van der Waals surface area (Å²) in [6.07, 6.45) is 3.56. The highest BCUT2D eigenvalue weighted by Crippen LogP contribution is 2.34. The fraction of sp³-hybridized carbons (Fsp3) is 0.588. The number of thioether (sulfide) groups is 1. The Kier molecular flexibility index (Phi) is 5.53. The third-order valence-electron chi connectivity index (χ3n) is 4.45. The van der Waals surface area contributed by atoms with Gasteiger partial charge in [0.2, 0.25) is 0 Å². The van der Waals surface area contributed by atoms with E-state index in [4.69, 9.17) is 4.99 Å². The zero-order valence-electron chi connectivity index (χ0n) is 12.9. The minimum atomic E-state index is 0.429. The minimum Gasteiger partial charge on any atom is -0.361 e. The van der Waals surface area contributed by atoms with Crippen molar-refractivity contribution in [3.05, 3.63) is 35.4 Å². The molecule has 0 saturated heterocycles. The highest BCUT2D eigenvalue weighted by molar-refractivity contribution is 8.13. The van der Waals surface area contributed by atoms with E-state index in [1.165, 1.54) is 29.7 Å². The number of aliphatic imine (C=N–C) groups is 1. The van der Waals surface area contributed by atoms with Gasteiger partial charge in [-0.2, -0.15) is 0 Å². The second-order valence-corrected chi connectivity index (χ2v) is 6.60. The first-order valence-corrected chi connectivity index (χ1v) is 8.69. The van der Waals surface area contributed by atoms with Crippen LogP contribution in [-0.4, -0.2) is 17.5 Å². The predicted molar refractivity (Wildman–Crippen MR) is 90.4 cm³/mol. The van der Waals surface area contributed by atoms with Crippen LogP contribution in [0, 0.1) is 5.41 Å². The Hall–Kier alpha value is -0.960. The molecule has 0 aliphatic carbocycles. The lowest BCUT2D eigenvalue weighted by Crippen LogP contribution is -2.34. The van der Waals surface area contributed by atoms with Crippen molar-refractivity contribution in [2.45, 2.75) is 46.6 Å². The number of aryl methyl sites for hydroxylation is 1. The van der Waals surface area contributed by atoms with Crippen molar-refractivity contribution < 1.29 is 0 Å². The van der Waals surface area contributed by atoms with Crippen LogP contribution in [0.2, 0.25) is 0 Å². The molecule has 0 atom stereocenters. The number of nitrogens with zero attached hydrogens (tertiary/aromatic N) is 1. The molecule has 20 heavy (non-hydrogen) atoms. The Morgan fingerprint density at radius 1 is 1.10 bits per heavy atom. The van der Waals surface area contributed by atoms with Crippen LogP contribution in [0.15, 0.2) is 29.3 Å². The molecule has 1 aromatic carbocycles. The maximum atomic E-state index is 4.74. The van der Waals surface area contributed by atoms with Crippen molar-refractivity contribution >= 4 is 16.9 Å². The van der Waals surface area contributed by atoms with Crippen molar-refractivity contribution in [1.29, 1.82) is 0 Å². The molecule has 2 nitrogen and oxygen atoms in total. The molecule has 0 saturated carbocycles. The van der Waals surface area contributed by atoms with Gasteiger partial charge in [-0.05, 0) is 35.8 Å². The maximum Gasteiger partial charge on any atom is 0.156 e. The van der Waals surface area contributed by atoms with Crippen LogP contribution in [0.1, 0.15) is 44.7 Å². The van der Waals surface area contributed by atoms with Gasteiger partial charge in [0.1, 0.15) is 0 Å². The summed E-state index contributed by atoms with van der Waals surface area (Å²) in [6, 6.07) is 8.85. The van der Waals surface area contributed by atoms with Crippen LogP contribution >= 0.6 is 11.8 Å². The van der Waals surface area contributed by atoms with Crippen LogP contribution in [-0.2, 0) is 13.0 Å². The molecule has 1 aliphatic rings. The molecule has 0 amide bonds. The Morgan fingerprint density at radius 2 is 1.75 bits per heavy atom. The first kappa shape index (κ1) is 15.4. The van der Waals surface area contributed by atoms with Gasteiger partial charge in [-0.25, -0.2) is 0 Å². The zero-order valence-corrected chi connectivity index (χ0v) is 13.7. The Labute approximate surface area is 127 Å². The van der Waals surface area contributed by atoms with Crippen LogP contribution in [0.25, 0.3) is 0 Å². The number of hydrogen-bond acceptors (Lipinski definition) is 3. The lowest BCUT2D eigenvalue weighted by atomic mass is 9.84. The van der Waals surface area contributed by atoms with E-state index in [1.54, 1.807) is 0 Å². The summed E-state index contributed by atoms with van der Waals surface area (Å²) in [7, 11) is 0. The zero-order chi connectivity index (χ0) is 14.4. The van der Waals surface area contributed by atoms with E-state index >= 15 is 0 Å². The molecule has 0 bridgehead atoms. The molecule has 0 aromatic heterocycles. The number of rotatable bonds is 5. The average molecular weight is 290 g/mol. The van der Waals surface area contributed by atoms with Crippen LogP contribution in [0.3, 0.4) is 0 Å². The summed E-state index contributed by atoms with van der Waals surface area (Å²) in [6.45, 7) is 8.61. The molecule has 1 heterocycles. The molecule has 3 heteroatoms. The maximum absolute atomic E-state index is 4.74. The molecule has 1 aromatic rings. The molecule has 1 aliphatic heterocycles. The SMILES string of the molecule is CCc1ccc(CNC2=NCC(CC)(CC)CS2)cc1. The summed E-state index contributed by atoms with van der Waals surface area (Å²) in [5.41, 5.74) is 3.15. The van der Waals surface area contributed by atoms with Crippen molar-refractivity contribution in [2.24, 2.45) is 10.4 Å². The van der Waals surface area contributed by atoms with Gasteiger partial charge in [0.25, 0.3) is 0 Å². The van der Waals surface area contributed by atoms with Gasteiger partial charge in [0.15, 0.2) is 5.17 Å². The molecule has 0 unspecified atom stereocenters. The standard InChI is InChI=1S/C17H26N2S/c1-4-14-7-9-15(10-8-14)11-18-16-19-12-17(5-2,6-3)13-20-16/h7-10H,4-6,11-13H2,1-3H3,(H,18,19). The summed E-state index contributed by atoms with van der Waals surface area (Å²) in [5, 5.41) is 4.59. The van der Waals surface area contributed by atoms with E-state index in [0.717, 1.165) is 24.7 Å². The summed E-state index contributed by atoms with van der Waals surface area (Å²) >= 11 is 1.89. The summed E-state index contributed by atoms with van der Waals surface area (Å²) in [4.78, 5) is 4.74. The molecule has 0 radical (unpaired) electrons. The Morgan fingerprint density at radius 3 is 2.25 bits per heavy atom. The second kappa shape index (κ2) is 7.16. The quantitative estimate of drug-likeness (QED) is 0.877. The minimum absolute atomic E-state index is 0.429. The van der Waals surface area contributed by atoms with Gasteiger partial charge in [-0.15, -0.1) is 0 Å². The van der Waals surface area contributed by atoms with Crippen molar-refractivity contribution in [2.75, 3.05) is 12.3 Å². The van der Waals surface area contributed by atoms with Crippen LogP contribution in [0.4, 0.5) is 0 Å². The third kappa shape index (κ3) is 3.78. The fourth-order valence-electron chi connectivity index (χ4n) is 2.41. The molecule has 1 N–H and O–H groups in total. The molecular formula is C17H26N2S. The van der Waals surface area contributed by atoms with E-state index in [0.29, 0.717) is 5.41 Å². The molecule has 0 spiro atoms. The lowest BCUT2D eigenvalue weighted by Gasteiger charge is -2.33. The van der Waals surface area contributed by atoms with E-state index in [-0.39, 0.29) is 0 Å². The summed E-state index contributed by atoms with van der Waals surface area (Å²) < 4.78 is 0. The number of nitrogens with one attached hydrogen (secondary N) is 1. The number of benzene rings is 1. The first-order valence-electron chi connectivity index (χ1n) is 7.70. The van der Waals surface area contributed by atoms with Crippen molar-refractivity contribution in [3.8, 4) is 0 Å². The largest absolute Gasteiger partial charge is 0.361 e. The molecule has 0 fully saturated rings. The van der Waals surface area contributed by atoms with Crippen LogP contribution in [0.5, 0.6) is 0 Å². The third-order valence-corrected chi connectivity index (χ3v) is 5.75. The molecular weight excluding hydrogens is 264 g/mol. The first-order chi connectivity index (χ1) is 9.71. The fourth-order valence-corrected chi connectivity index (χ4v) is 3.68. The second-order valence-electron chi connectivity index (χ2n) is 5.64. The highest BCUT2D eigenvalue weighted by Gasteiger charge is 2.29. The van der Waals surface area contributed by atoms with Gasteiger partial charge in [-0.1, -0.05) is 56.8 Å². The van der Waals surface area contributed by atoms with Crippen molar-refractivity contribution in [1.82, 2.24) is 5.32 Å². The smallest absolute Gasteiger partial charge is 0.156 e. The number of hydrogen-bond donors (Lipinski definition) is 1. The van der Waals surface area contributed by atoms with Gasteiger partial charge in [0, 0.05) is 18.8 Å². The predicted octanol–water partition coefficient (Wildman–Crippen LogP) is 4.25. The number of amidine groups is 1. The van der Waals surface area contributed by atoms with E-state index < -0.39 is 0 Å². The van der Waals surface area contributed by atoms with E-state index in [9.17, 15) is 0 Å². The van der Waals surface area contributed by atoms with Crippen molar-refractivity contribution in [3.63, 3.8) is 0 Å². The normalized spacial score (nSPS) is 17.6. The average Bonchev–Trinajstić information content (AvgIpc) is 2.54. The Bertz CT molecular complexity index is 447. The summed E-state index contributed by atoms with van der Waals surface area (Å²) in [5.74, 6) is 1.20. The van der Waals surface area contributed by atoms with Gasteiger partial charge >= 0.3 is 0 Å². The highest BCUT2D eigenvalue weighted by atomic mass is 32.2. The molecule has 2 rings (SSSR count). The van der Waals surface area contributed by atoms with E-state index in [1.807, 2.05) is 11.8 Å².